The van der Waals surface area contributed by atoms with E-state index in [2.05, 4.69) is 21.2 Å². The Hall–Kier alpha value is -0.410. The smallest absolute Gasteiger partial charge is 0.126 e. The minimum atomic E-state index is -0.0594. The Morgan fingerprint density at radius 2 is 2.11 bits per heavy atom. The van der Waals surface area contributed by atoms with Crippen molar-refractivity contribution in [1.29, 1.82) is 0 Å². The average molecular weight is 312 g/mol. The molecule has 0 bridgehead atoms. The maximum Gasteiger partial charge on any atom is 0.126 e. The summed E-state index contributed by atoms with van der Waals surface area (Å²) in [7, 11) is 0. The summed E-state index contributed by atoms with van der Waals surface area (Å²) in [6.07, 6.45) is 7.28. The van der Waals surface area contributed by atoms with Gasteiger partial charge < -0.3 is 5.32 Å². The van der Waals surface area contributed by atoms with E-state index in [4.69, 9.17) is 0 Å². The monoisotopic (exact) mass is 311 g/mol. The highest BCUT2D eigenvalue weighted by molar-refractivity contribution is 9.10. The minimum absolute atomic E-state index is 0.0594. The Balaban J connectivity index is 1.69. The van der Waals surface area contributed by atoms with Gasteiger partial charge in [-0.05, 0) is 61.3 Å². The molecule has 2 aliphatic carbocycles. The van der Waals surface area contributed by atoms with Crippen LogP contribution in [-0.2, 0) is 6.42 Å². The van der Waals surface area contributed by atoms with Crippen molar-refractivity contribution in [2.75, 3.05) is 6.54 Å². The molecule has 98 valence electrons. The first-order valence-electron chi connectivity index (χ1n) is 6.84. The molecule has 1 aromatic rings. The molecule has 0 aliphatic heterocycles. The van der Waals surface area contributed by atoms with Gasteiger partial charge in [0.1, 0.15) is 5.82 Å². The van der Waals surface area contributed by atoms with Gasteiger partial charge in [-0.25, -0.2) is 4.39 Å². The van der Waals surface area contributed by atoms with Crippen LogP contribution in [0.25, 0.3) is 0 Å². The van der Waals surface area contributed by atoms with Crippen molar-refractivity contribution >= 4 is 15.9 Å². The molecule has 0 unspecified atom stereocenters. The third kappa shape index (κ3) is 2.77. The van der Waals surface area contributed by atoms with E-state index in [0.29, 0.717) is 5.41 Å². The molecule has 1 nitrogen and oxygen atoms in total. The number of halogens is 2. The average Bonchev–Trinajstić information content (AvgIpc) is 3.10. The molecule has 2 saturated carbocycles. The molecule has 18 heavy (non-hydrogen) atoms. The van der Waals surface area contributed by atoms with Crippen molar-refractivity contribution < 1.29 is 4.39 Å². The van der Waals surface area contributed by atoms with E-state index in [1.807, 2.05) is 6.07 Å². The van der Waals surface area contributed by atoms with Crippen molar-refractivity contribution in [3.8, 4) is 0 Å². The molecule has 0 atom stereocenters. The normalized spacial score (nSPS) is 21.7. The molecule has 1 N–H and O–H groups in total. The number of hydrogen-bond donors (Lipinski definition) is 1. The van der Waals surface area contributed by atoms with E-state index in [1.54, 1.807) is 12.1 Å². The second-order valence-corrected chi connectivity index (χ2v) is 6.84. The fourth-order valence-electron chi connectivity index (χ4n) is 2.82. The molecular weight excluding hydrogens is 293 g/mol. The van der Waals surface area contributed by atoms with Crippen molar-refractivity contribution in [1.82, 2.24) is 5.32 Å². The summed E-state index contributed by atoms with van der Waals surface area (Å²) >= 11 is 3.43. The highest BCUT2D eigenvalue weighted by Gasteiger charge is 2.38. The minimum Gasteiger partial charge on any atom is -0.313 e. The van der Waals surface area contributed by atoms with Crippen molar-refractivity contribution in [2.45, 2.75) is 44.6 Å². The second-order valence-electron chi connectivity index (χ2n) is 5.92. The molecule has 3 heteroatoms. The lowest BCUT2D eigenvalue weighted by molar-refractivity contribution is 0.128. The SMILES string of the molecule is Fc1ccc(Br)cc1CC1(CNC2CC2)CCC1. The lowest BCUT2D eigenvalue weighted by Crippen LogP contribution is -2.42. The number of hydrogen-bond acceptors (Lipinski definition) is 1. The lowest BCUT2D eigenvalue weighted by atomic mass is 9.65. The maximum atomic E-state index is 13.8. The lowest BCUT2D eigenvalue weighted by Gasteiger charge is -2.42. The molecule has 1 aromatic carbocycles. The van der Waals surface area contributed by atoms with E-state index in [-0.39, 0.29) is 5.82 Å². The van der Waals surface area contributed by atoms with Gasteiger partial charge in [-0.15, -0.1) is 0 Å². The van der Waals surface area contributed by atoms with Crippen LogP contribution in [0.2, 0.25) is 0 Å². The summed E-state index contributed by atoms with van der Waals surface area (Å²) in [5.41, 5.74) is 1.17. The van der Waals surface area contributed by atoms with Crippen LogP contribution in [0.1, 0.15) is 37.7 Å². The molecule has 0 saturated heterocycles. The third-order valence-corrected chi connectivity index (χ3v) is 4.82. The number of benzene rings is 1. The number of nitrogens with one attached hydrogen (secondary N) is 1. The second kappa shape index (κ2) is 4.93. The summed E-state index contributed by atoms with van der Waals surface area (Å²) in [4.78, 5) is 0. The summed E-state index contributed by atoms with van der Waals surface area (Å²) in [5, 5.41) is 3.62. The van der Waals surface area contributed by atoms with Crippen molar-refractivity contribution in [3.05, 3.63) is 34.1 Å². The maximum absolute atomic E-state index is 13.8. The Morgan fingerprint density at radius 1 is 1.33 bits per heavy atom. The topological polar surface area (TPSA) is 12.0 Å². The Morgan fingerprint density at radius 3 is 2.72 bits per heavy atom. The number of rotatable bonds is 5. The highest BCUT2D eigenvalue weighted by Crippen LogP contribution is 2.44. The predicted molar refractivity (Wildman–Crippen MR) is 75.1 cm³/mol. The molecule has 0 spiro atoms. The van der Waals surface area contributed by atoms with Crippen LogP contribution in [-0.4, -0.2) is 12.6 Å². The van der Waals surface area contributed by atoms with E-state index in [0.717, 1.165) is 29.0 Å². The van der Waals surface area contributed by atoms with Crippen LogP contribution in [0.5, 0.6) is 0 Å². The summed E-state index contributed by atoms with van der Waals surface area (Å²) in [6, 6.07) is 6.02. The van der Waals surface area contributed by atoms with Crippen LogP contribution in [0.4, 0.5) is 4.39 Å². The molecule has 0 heterocycles. The molecular formula is C15H19BrFN. The van der Waals surface area contributed by atoms with E-state index >= 15 is 0 Å². The molecule has 3 rings (SSSR count). The van der Waals surface area contributed by atoms with Gasteiger partial charge in [-0.1, -0.05) is 22.4 Å². The van der Waals surface area contributed by atoms with Gasteiger partial charge >= 0.3 is 0 Å². The Kier molecular flexibility index (Phi) is 3.46. The van der Waals surface area contributed by atoms with Crippen molar-refractivity contribution in [2.24, 2.45) is 5.41 Å². The summed E-state index contributed by atoms with van der Waals surface area (Å²) in [6.45, 7) is 1.06. The first-order valence-corrected chi connectivity index (χ1v) is 7.64. The molecule has 0 aromatic heterocycles. The standard InChI is InChI=1S/C15H19BrFN/c16-12-2-5-14(17)11(8-12)9-15(6-1-7-15)10-18-13-3-4-13/h2,5,8,13,18H,1,3-4,6-7,9-10H2. The van der Waals surface area contributed by atoms with Crippen LogP contribution in [0.15, 0.2) is 22.7 Å². The van der Waals surface area contributed by atoms with Gasteiger partial charge in [0.15, 0.2) is 0 Å². The Bertz CT molecular complexity index is 438. The van der Waals surface area contributed by atoms with Gasteiger partial charge in [0.05, 0.1) is 0 Å². The highest BCUT2D eigenvalue weighted by atomic mass is 79.9. The fourth-order valence-corrected chi connectivity index (χ4v) is 3.23. The summed E-state index contributed by atoms with van der Waals surface area (Å²) < 4.78 is 14.8. The molecule has 2 aliphatic rings. The summed E-state index contributed by atoms with van der Waals surface area (Å²) in [5.74, 6) is -0.0594. The predicted octanol–water partition coefficient (Wildman–Crippen LogP) is 4.05. The zero-order valence-corrected chi connectivity index (χ0v) is 12.1. The first-order chi connectivity index (χ1) is 8.67. The van der Waals surface area contributed by atoms with Crippen molar-refractivity contribution in [3.63, 3.8) is 0 Å². The zero-order valence-electron chi connectivity index (χ0n) is 10.5. The van der Waals surface area contributed by atoms with Gasteiger partial charge in [0.2, 0.25) is 0 Å². The Labute approximate surface area is 116 Å². The molecule has 0 radical (unpaired) electrons. The zero-order chi connectivity index (χ0) is 12.6. The van der Waals surface area contributed by atoms with Gasteiger partial charge in [-0.3, -0.25) is 0 Å². The third-order valence-electron chi connectivity index (χ3n) is 4.33. The van der Waals surface area contributed by atoms with Gasteiger partial charge in [0, 0.05) is 17.1 Å². The fraction of sp³-hybridized carbons (Fsp3) is 0.600. The van der Waals surface area contributed by atoms with Gasteiger partial charge in [-0.2, -0.15) is 0 Å². The van der Waals surface area contributed by atoms with E-state index in [9.17, 15) is 4.39 Å². The van der Waals surface area contributed by atoms with E-state index < -0.39 is 0 Å². The van der Waals surface area contributed by atoms with E-state index in [1.165, 1.54) is 32.1 Å². The van der Waals surface area contributed by atoms with Crippen LogP contribution < -0.4 is 5.32 Å². The van der Waals surface area contributed by atoms with Gasteiger partial charge in [0.25, 0.3) is 0 Å². The first kappa shape index (κ1) is 12.6. The quantitative estimate of drug-likeness (QED) is 0.865. The largest absolute Gasteiger partial charge is 0.313 e. The van der Waals surface area contributed by atoms with Crippen LogP contribution in [0, 0.1) is 11.2 Å². The van der Waals surface area contributed by atoms with Crippen LogP contribution >= 0.6 is 15.9 Å². The molecule has 0 amide bonds. The molecule has 2 fully saturated rings. The van der Waals surface area contributed by atoms with Crippen LogP contribution in [0.3, 0.4) is 0 Å².